The number of hydrogen-bond acceptors (Lipinski definition) is 5. The Morgan fingerprint density at radius 2 is 1.94 bits per heavy atom. The smallest absolute Gasteiger partial charge is 0.265 e. The number of rotatable bonds is 5. The lowest BCUT2D eigenvalue weighted by Crippen LogP contribution is -2.62. The molecule has 1 aliphatic rings. The molecule has 1 saturated heterocycles. The van der Waals surface area contributed by atoms with E-state index < -0.39 is 17.1 Å². The van der Waals surface area contributed by atoms with E-state index in [9.17, 15) is 19.5 Å². The number of amides is 2. The molecule has 0 radical (unpaired) electrons. The summed E-state index contributed by atoms with van der Waals surface area (Å²) in [5, 5.41) is 13.8. The van der Waals surface area contributed by atoms with E-state index in [4.69, 9.17) is 11.6 Å². The standard InChI is InChI=1S/C22H21ClN4O4/c1-22(31)12-26(13-22)18(28)11-27-19-15(3-2-8-24-19)9-17(21(27)30)20(29)25-10-14-4-6-16(23)7-5-14/h2-9,31H,10-13H2,1H3,(H,25,29). The summed E-state index contributed by atoms with van der Waals surface area (Å²) >= 11 is 5.88. The maximum atomic E-state index is 13.1. The van der Waals surface area contributed by atoms with Gasteiger partial charge in [-0.05, 0) is 42.8 Å². The molecule has 0 bridgehead atoms. The van der Waals surface area contributed by atoms with E-state index in [1.807, 2.05) is 0 Å². The van der Waals surface area contributed by atoms with Crippen LogP contribution in [0.5, 0.6) is 0 Å². The second-order valence-electron chi connectivity index (χ2n) is 7.92. The van der Waals surface area contributed by atoms with Gasteiger partial charge in [0.05, 0.1) is 18.7 Å². The maximum absolute atomic E-state index is 13.1. The van der Waals surface area contributed by atoms with Crippen LogP contribution in [-0.4, -0.2) is 50.1 Å². The Morgan fingerprint density at radius 3 is 2.61 bits per heavy atom. The number of hydrogen-bond donors (Lipinski definition) is 2. The van der Waals surface area contributed by atoms with Crippen molar-refractivity contribution in [3.63, 3.8) is 0 Å². The molecule has 0 spiro atoms. The molecular formula is C22H21ClN4O4. The summed E-state index contributed by atoms with van der Waals surface area (Å²) in [6, 6.07) is 11.9. The number of nitrogens with one attached hydrogen (secondary N) is 1. The molecule has 3 heterocycles. The van der Waals surface area contributed by atoms with Crippen molar-refractivity contribution in [2.24, 2.45) is 0 Å². The van der Waals surface area contributed by atoms with E-state index >= 15 is 0 Å². The lowest BCUT2D eigenvalue weighted by Gasteiger charge is -2.44. The minimum Gasteiger partial charge on any atom is -0.386 e. The van der Waals surface area contributed by atoms with Crippen LogP contribution in [0.25, 0.3) is 11.0 Å². The van der Waals surface area contributed by atoms with Crippen molar-refractivity contribution >= 4 is 34.4 Å². The Hall–Kier alpha value is -3.23. The number of fused-ring (bicyclic) bond motifs is 1. The third-order valence-corrected chi connectivity index (χ3v) is 5.42. The summed E-state index contributed by atoms with van der Waals surface area (Å²) in [5.41, 5.74) is -0.425. The quantitative estimate of drug-likeness (QED) is 0.626. The molecule has 160 valence electrons. The van der Waals surface area contributed by atoms with Crippen molar-refractivity contribution in [3.8, 4) is 0 Å². The van der Waals surface area contributed by atoms with Crippen LogP contribution >= 0.6 is 11.6 Å². The zero-order chi connectivity index (χ0) is 22.2. The number of carbonyl (C=O) groups is 2. The molecule has 8 nitrogen and oxygen atoms in total. The molecule has 1 aromatic carbocycles. The van der Waals surface area contributed by atoms with Gasteiger partial charge in [0.25, 0.3) is 11.5 Å². The fourth-order valence-corrected chi connectivity index (χ4v) is 3.71. The fourth-order valence-electron chi connectivity index (χ4n) is 3.58. The van der Waals surface area contributed by atoms with E-state index in [1.54, 1.807) is 43.3 Å². The van der Waals surface area contributed by atoms with Gasteiger partial charge in [0.15, 0.2) is 0 Å². The predicted octanol–water partition coefficient (Wildman–Crippen LogP) is 1.57. The summed E-state index contributed by atoms with van der Waals surface area (Å²) < 4.78 is 1.21. The Labute approximate surface area is 183 Å². The van der Waals surface area contributed by atoms with Gasteiger partial charge in [-0.1, -0.05) is 23.7 Å². The molecule has 0 aliphatic carbocycles. The summed E-state index contributed by atoms with van der Waals surface area (Å²) in [5.74, 6) is -0.863. The average molecular weight is 441 g/mol. The highest BCUT2D eigenvalue weighted by atomic mass is 35.5. The molecule has 9 heteroatoms. The van der Waals surface area contributed by atoms with E-state index in [0.717, 1.165) is 5.56 Å². The van der Waals surface area contributed by atoms with E-state index in [1.165, 1.54) is 21.7 Å². The van der Waals surface area contributed by atoms with Crippen LogP contribution in [0.2, 0.25) is 5.02 Å². The van der Waals surface area contributed by atoms with Crippen LogP contribution in [0.15, 0.2) is 53.5 Å². The van der Waals surface area contributed by atoms with Gasteiger partial charge in [-0.3, -0.25) is 19.0 Å². The topological polar surface area (TPSA) is 105 Å². The molecule has 0 unspecified atom stereocenters. The minimum absolute atomic E-state index is 0.0714. The van der Waals surface area contributed by atoms with Gasteiger partial charge in [0, 0.05) is 23.2 Å². The van der Waals surface area contributed by atoms with Gasteiger partial charge in [-0.2, -0.15) is 0 Å². The number of halogens is 1. The van der Waals surface area contributed by atoms with Crippen molar-refractivity contribution in [1.82, 2.24) is 19.8 Å². The highest BCUT2D eigenvalue weighted by Crippen LogP contribution is 2.20. The van der Waals surface area contributed by atoms with Crippen molar-refractivity contribution < 1.29 is 14.7 Å². The van der Waals surface area contributed by atoms with Crippen LogP contribution in [-0.2, 0) is 17.9 Å². The fraction of sp³-hybridized carbons (Fsp3) is 0.273. The number of aromatic nitrogens is 2. The Kier molecular flexibility index (Phi) is 5.51. The zero-order valence-electron chi connectivity index (χ0n) is 16.8. The van der Waals surface area contributed by atoms with Gasteiger partial charge in [-0.25, -0.2) is 4.98 Å². The van der Waals surface area contributed by atoms with Crippen LogP contribution in [0, 0.1) is 0 Å². The minimum atomic E-state index is -0.912. The van der Waals surface area contributed by atoms with Gasteiger partial charge < -0.3 is 15.3 Å². The van der Waals surface area contributed by atoms with E-state index in [0.29, 0.717) is 16.1 Å². The second-order valence-corrected chi connectivity index (χ2v) is 8.36. The molecule has 3 aromatic rings. The molecule has 2 aromatic heterocycles. The van der Waals surface area contributed by atoms with Gasteiger partial charge in [0.1, 0.15) is 17.8 Å². The first-order valence-corrected chi connectivity index (χ1v) is 10.1. The van der Waals surface area contributed by atoms with Crippen molar-refractivity contribution in [2.45, 2.75) is 25.6 Å². The largest absolute Gasteiger partial charge is 0.386 e. The SMILES string of the molecule is CC1(O)CN(C(=O)Cn2c(=O)c(C(=O)NCc3ccc(Cl)cc3)cc3cccnc32)C1. The third-order valence-electron chi connectivity index (χ3n) is 5.17. The molecule has 1 fully saturated rings. The molecule has 31 heavy (non-hydrogen) atoms. The Bertz CT molecular complexity index is 1210. The number of nitrogens with zero attached hydrogens (tertiary/aromatic N) is 3. The van der Waals surface area contributed by atoms with Crippen LogP contribution < -0.4 is 10.9 Å². The van der Waals surface area contributed by atoms with Crippen molar-refractivity contribution in [3.05, 3.63) is 75.2 Å². The number of pyridine rings is 2. The van der Waals surface area contributed by atoms with Gasteiger partial charge in [-0.15, -0.1) is 0 Å². The summed E-state index contributed by atoms with van der Waals surface area (Å²) in [6.07, 6.45) is 1.53. The van der Waals surface area contributed by atoms with Crippen LogP contribution in [0.3, 0.4) is 0 Å². The van der Waals surface area contributed by atoms with E-state index in [-0.39, 0.29) is 37.6 Å². The first kappa shape index (κ1) is 21.0. The van der Waals surface area contributed by atoms with Crippen LogP contribution in [0.4, 0.5) is 0 Å². The Morgan fingerprint density at radius 1 is 1.23 bits per heavy atom. The monoisotopic (exact) mass is 440 g/mol. The number of benzene rings is 1. The summed E-state index contributed by atoms with van der Waals surface area (Å²) in [7, 11) is 0. The van der Waals surface area contributed by atoms with Gasteiger partial charge >= 0.3 is 0 Å². The maximum Gasteiger partial charge on any atom is 0.265 e. The predicted molar refractivity (Wildman–Crippen MR) is 116 cm³/mol. The first-order chi connectivity index (χ1) is 14.7. The molecule has 2 N–H and O–H groups in total. The lowest BCUT2D eigenvalue weighted by atomic mass is 9.97. The van der Waals surface area contributed by atoms with E-state index in [2.05, 4.69) is 10.3 Å². The van der Waals surface area contributed by atoms with Gasteiger partial charge in [0.2, 0.25) is 5.91 Å². The molecule has 2 amide bonds. The molecule has 0 atom stereocenters. The lowest BCUT2D eigenvalue weighted by molar-refractivity contribution is -0.152. The number of β-amino-alcohol motifs (C(OH)–C–C–N with tert-alkyl or cyclic N) is 1. The molecule has 4 rings (SSSR count). The molecule has 0 saturated carbocycles. The highest BCUT2D eigenvalue weighted by Gasteiger charge is 2.39. The number of likely N-dealkylation sites (tertiary alicyclic amines) is 1. The summed E-state index contributed by atoms with van der Waals surface area (Å²) in [6.45, 7) is 2.01. The first-order valence-electron chi connectivity index (χ1n) is 9.75. The third kappa shape index (κ3) is 4.45. The second kappa shape index (κ2) is 8.13. The average Bonchev–Trinajstić information content (AvgIpc) is 2.73. The molecular weight excluding hydrogens is 420 g/mol. The van der Waals surface area contributed by atoms with Crippen molar-refractivity contribution in [2.75, 3.05) is 13.1 Å². The molecule has 1 aliphatic heterocycles. The van der Waals surface area contributed by atoms with Crippen molar-refractivity contribution in [1.29, 1.82) is 0 Å². The zero-order valence-corrected chi connectivity index (χ0v) is 17.6. The Balaban J connectivity index is 1.61. The summed E-state index contributed by atoms with van der Waals surface area (Å²) in [4.78, 5) is 44.2. The highest BCUT2D eigenvalue weighted by molar-refractivity contribution is 6.30. The number of carbonyl (C=O) groups excluding carboxylic acids is 2. The van der Waals surface area contributed by atoms with Crippen LogP contribution in [0.1, 0.15) is 22.8 Å². The normalized spacial score (nSPS) is 14.9. The number of aliphatic hydroxyl groups is 1.